The van der Waals surface area contributed by atoms with Gasteiger partial charge in [-0.05, 0) is 17.2 Å². The number of carbonyl (C=O) groups is 1. The Morgan fingerprint density at radius 1 is 1.31 bits per heavy atom. The van der Waals surface area contributed by atoms with Crippen molar-refractivity contribution in [1.82, 2.24) is 0 Å². The molecule has 0 spiro atoms. The fourth-order valence-corrected chi connectivity index (χ4v) is 1.06. The van der Waals surface area contributed by atoms with Crippen LogP contribution >= 0.6 is 0 Å². The van der Waals surface area contributed by atoms with Crippen LogP contribution in [0.15, 0.2) is 31.4 Å². The van der Waals surface area contributed by atoms with Crippen LogP contribution in [-0.4, -0.2) is 11.1 Å². The van der Waals surface area contributed by atoms with Gasteiger partial charge in [-0.3, -0.25) is 0 Å². The highest BCUT2D eigenvalue weighted by Gasteiger charge is 2.07. The van der Waals surface area contributed by atoms with Gasteiger partial charge in [0, 0.05) is 0 Å². The normalized spacial score (nSPS) is 9.23. The lowest BCUT2D eigenvalue weighted by Gasteiger charge is -2.01. The quantitative estimate of drug-likeness (QED) is 0.764. The molecule has 0 aliphatic carbocycles. The molecule has 0 aliphatic rings. The molecule has 1 rings (SSSR count). The van der Waals surface area contributed by atoms with E-state index in [9.17, 15) is 4.79 Å². The SMILES string of the molecule is C=Cc1ccc(C=C)c(C(=O)O)c1. The Morgan fingerprint density at radius 2 is 2.00 bits per heavy atom. The van der Waals surface area contributed by atoms with Crippen LogP contribution in [0.5, 0.6) is 0 Å². The number of aromatic carboxylic acids is 1. The van der Waals surface area contributed by atoms with Gasteiger partial charge in [-0.2, -0.15) is 0 Å². The van der Waals surface area contributed by atoms with E-state index in [2.05, 4.69) is 13.2 Å². The fourth-order valence-electron chi connectivity index (χ4n) is 1.06. The first-order chi connectivity index (χ1) is 6.19. The predicted molar refractivity (Wildman–Crippen MR) is 53.6 cm³/mol. The lowest BCUT2D eigenvalue weighted by molar-refractivity contribution is 0.0696. The first kappa shape index (κ1) is 9.26. The molecule has 0 saturated carbocycles. The van der Waals surface area contributed by atoms with Crippen LogP contribution in [0.25, 0.3) is 12.2 Å². The summed E-state index contributed by atoms with van der Waals surface area (Å²) in [7, 11) is 0. The molecule has 66 valence electrons. The fraction of sp³-hybridized carbons (Fsp3) is 0. The van der Waals surface area contributed by atoms with E-state index in [4.69, 9.17) is 5.11 Å². The molecule has 0 aliphatic heterocycles. The van der Waals surface area contributed by atoms with E-state index in [1.54, 1.807) is 24.3 Å². The monoisotopic (exact) mass is 174 g/mol. The Kier molecular flexibility index (Phi) is 2.65. The highest BCUT2D eigenvalue weighted by atomic mass is 16.4. The third-order valence-corrected chi connectivity index (χ3v) is 1.76. The Labute approximate surface area is 76.8 Å². The van der Waals surface area contributed by atoms with Gasteiger partial charge in [0.1, 0.15) is 0 Å². The maximum Gasteiger partial charge on any atom is 0.336 e. The van der Waals surface area contributed by atoms with E-state index in [1.807, 2.05) is 0 Å². The standard InChI is InChI=1S/C11H10O2/c1-3-8-5-6-9(4-2)10(7-8)11(12)13/h3-7H,1-2H2,(H,12,13). The summed E-state index contributed by atoms with van der Waals surface area (Å²) in [5.74, 6) is -0.946. The van der Waals surface area contributed by atoms with Gasteiger partial charge in [-0.1, -0.05) is 37.4 Å². The van der Waals surface area contributed by atoms with Crippen LogP contribution in [-0.2, 0) is 0 Å². The topological polar surface area (TPSA) is 37.3 Å². The van der Waals surface area contributed by atoms with Gasteiger partial charge in [0.05, 0.1) is 5.56 Å². The summed E-state index contributed by atoms with van der Waals surface area (Å²) >= 11 is 0. The zero-order valence-electron chi connectivity index (χ0n) is 7.16. The van der Waals surface area contributed by atoms with Gasteiger partial charge in [-0.25, -0.2) is 4.79 Å². The number of carboxylic acids is 1. The Balaban J connectivity index is 3.33. The second kappa shape index (κ2) is 3.72. The van der Waals surface area contributed by atoms with Gasteiger partial charge >= 0.3 is 5.97 Å². The van der Waals surface area contributed by atoms with E-state index in [0.717, 1.165) is 5.56 Å². The molecule has 0 bridgehead atoms. The second-order valence-electron chi connectivity index (χ2n) is 2.56. The molecule has 0 amide bonds. The van der Waals surface area contributed by atoms with E-state index in [-0.39, 0.29) is 5.56 Å². The second-order valence-corrected chi connectivity index (χ2v) is 2.56. The van der Waals surface area contributed by atoms with Crippen molar-refractivity contribution in [2.45, 2.75) is 0 Å². The third kappa shape index (κ3) is 1.85. The predicted octanol–water partition coefficient (Wildman–Crippen LogP) is 2.67. The van der Waals surface area contributed by atoms with Crippen molar-refractivity contribution in [2.24, 2.45) is 0 Å². The summed E-state index contributed by atoms with van der Waals surface area (Å²) in [5, 5.41) is 8.83. The van der Waals surface area contributed by atoms with E-state index < -0.39 is 5.97 Å². The Bertz CT molecular complexity index is 364. The number of carboxylic acid groups (broad SMARTS) is 1. The molecule has 1 N–H and O–H groups in total. The van der Waals surface area contributed by atoms with Crippen molar-refractivity contribution in [3.63, 3.8) is 0 Å². The van der Waals surface area contributed by atoms with Crippen molar-refractivity contribution in [2.75, 3.05) is 0 Å². The van der Waals surface area contributed by atoms with Crippen molar-refractivity contribution in [3.05, 3.63) is 48.0 Å². The summed E-state index contributed by atoms with van der Waals surface area (Å²) in [6, 6.07) is 5.09. The maximum atomic E-state index is 10.8. The molecule has 0 unspecified atom stereocenters. The molecule has 0 heterocycles. The summed E-state index contributed by atoms with van der Waals surface area (Å²) < 4.78 is 0. The van der Waals surface area contributed by atoms with Crippen molar-refractivity contribution in [1.29, 1.82) is 0 Å². The minimum absolute atomic E-state index is 0.257. The smallest absolute Gasteiger partial charge is 0.336 e. The van der Waals surface area contributed by atoms with Crippen LogP contribution in [0.3, 0.4) is 0 Å². The molecule has 1 aromatic carbocycles. The third-order valence-electron chi connectivity index (χ3n) is 1.76. The summed E-state index contributed by atoms with van der Waals surface area (Å²) in [5.41, 5.74) is 1.67. The van der Waals surface area contributed by atoms with E-state index in [0.29, 0.717) is 5.56 Å². The van der Waals surface area contributed by atoms with Crippen molar-refractivity contribution >= 4 is 18.1 Å². The lowest BCUT2D eigenvalue weighted by Crippen LogP contribution is -1.99. The summed E-state index contributed by atoms with van der Waals surface area (Å²) in [6.45, 7) is 7.11. The zero-order valence-corrected chi connectivity index (χ0v) is 7.16. The minimum atomic E-state index is -0.946. The molecule has 0 saturated heterocycles. The first-order valence-corrected chi connectivity index (χ1v) is 3.81. The molecule has 0 fully saturated rings. The van der Waals surface area contributed by atoms with Crippen LogP contribution in [0.1, 0.15) is 21.5 Å². The average molecular weight is 174 g/mol. The maximum absolute atomic E-state index is 10.8. The Hall–Kier alpha value is -1.83. The molecule has 0 aromatic heterocycles. The zero-order chi connectivity index (χ0) is 9.84. The van der Waals surface area contributed by atoms with E-state index >= 15 is 0 Å². The lowest BCUT2D eigenvalue weighted by atomic mass is 10.0. The van der Waals surface area contributed by atoms with Crippen molar-refractivity contribution < 1.29 is 9.90 Å². The number of benzene rings is 1. The van der Waals surface area contributed by atoms with Crippen LogP contribution < -0.4 is 0 Å². The highest BCUT2D eigenvalue weighted by molar-refractivity contribution is 5.92. The molecule has 1 aromatic rings. The Morgan fingerprint density at radius 3 is 2.46 bits per heavy atom. The largest absolute Gasteiger partial charge is 0.478 e. The molecular weight excluding hydrogens is 164 g/mol. The average Bonchev–Trinajstić information content (AvgIpc) is 2.16. The minimum Gasteiger partial charge on any atom is -0.478 e. The highest BCUT2D eigenvalue weighted by Crippen LogP contribution is 2.14. The van der Waals surface area contributed by atoms with Gasteiger partial charge in [0.15, 0.2) is 0 Å². The van der Waals surface area contributed by atoms with Crippen LogP contribution in [0.4, 0.5) is 0 Å². The molecule has 2 nitrogen and oxygen atoms in total. The summed E-state index contributed by atoms with van der Waals surface area (Å²) in [4.78, 5) is 10.8. The molecule has 13 heavy (non-hydrogen) atoms. The van der Waals surface area contributed by atoms with Gasteiger partial charge in [-0.15, -0.1) is 0 Å². The number of hydrogen-bond donors (Lipinski definition) is 1. The first-order valence-electron chi connectivity index (χ1n) is 3.81. The molecule has 0 atom stereocenters. The van der Waals surface area contributed by atoms with Crippen LogP contribution in [0, 0.1) is 0 Å². The van der Waals surface area contributed by atoms with Gasteiger partial charge < -0.3 is 5.11 Å². The summed E-state index contributed by atoms with van der Waals surface area (Å²) in [6.07, 6.45) is 3.13. The molecular formula is C11H10O2. The van der Waals surface area contributed by atoms with Crippen LogP contribution in [0.2, 0.25) is 0 Å². The van der Waals surface area contributed by atoms with Gasteiger partial charge in [0.2, 0.25) is 0 Å². The van der Waals surface area contributed by atoms with Gasteiger partial charge in [0.25, 0.3) is 0 Å². The van der Waals surface area contributed by atoms with E-state index in [1.165, 1.54) is 6.08 Å². The number of rotatable bonds is 3. The molecule has 2 heteroatoms. The number of hydrogen-bond acceptors (Lipinski definition) is 1. The van der Waals surface area contributed by atoms with Crippen molar-refractivity contribution in [3.8, 4) is 0 Å². The molecule has 0 radical (unpaired) electrons.